The lowest BCUT2D eigenvalue weighted by molar-refractivity contribution is 0.0697. The molecular formula is C25H22BrNO6S. The molecule has 0 aliphatic carbocycles. The van der Waals surface area contributed by atoms with Crippen LogP contribution in [-0.4, -0.2) is 40.3 Å². The number of carboxylic acid groups (broad SMARTS) is 1. The highest BCUT2D eigenvalue weighted by molar-refractivity contribution is 9.10. The number of hydrogen-bond donors (Lipinski definition) is 1. The topological polar surface area (TPSA) is 93.1 Å². The lowest BCUT2D eigenvalue weighted by atomic mass is 10.1. The van der Waals surface area contributed by atoms with Gasteiger partial charge in [0.1, 0.15) is 18.1 Å². The number of methoxy groups -OCH3 is 1. The predicted octanol–water partition coefficient (Wildman–Crippen LogP) is 4.72. The zero-order chi connectivity index (χ0) is 24.9. The van der Waals surface area contributed by atoms with Gasteiger partial charge in [0.15, 0.2) is 0 Å². The molecule has 0 atom stereocenters. The molecule has 0 radical (unpaired) electrons. The molecule has 0 aliphatic rings. The molecule has 3 aromatic carbocycles. The van der Waals surface area contributed by atoms with Gasteiger partial charge >= 0.3 is 5.97 Å². The SMILES string of the molecule is COc1ccc(C#CCOc2ccc(S(=O)(=O)N(C)c3c(C)cc(Br)cc3C(=O)O)cc2)cc1. The molecule has 7 nitrogen and oxygen atoms in total. The Hall–Kier alpha value is -3.48. The first-order valence-electron chi connectivity index (χ1n) is 10.0. The standard InChI is InChI=1S/C25H22BrNO6S/c1-17-15-19(26)16-23(25(28)29)24(17)27(2)34(30,31)22-12-10-21(11-13-22)33-14-4-5-18-6-8-20(32-3)9-7-18/h6-13,15-16H,14H2,1-3H3,(H,28,29). The van der Waals surface area contributed by atoms with Gasteiger partial charge in [0.2, 0.25) is 0 Å². The third-order valence-electron chi connectivity index (χ3n) is 4.93. The molecular weight excluding hydrogens is 522 g/mol. The van der Waals surface area contributed by atoms with Crippen LogP contribution in [0.1, 0.15) is 21.5 Å². The van der Waals surface area contributed by atoms with Crippen molar-refractivity contribution in [3.63, 3.8) is 0 Å². The van der Waals surface area contributed by atoms with Crippen LogP contribution in [0.4, 0.5) is 5.69 Å². The van der Waals surface area contributed by atoms with E-state index in [2.05, 4.69) is 27.8 Å². The smallest absolute Gasteiger partial charge is 0.337 e. The number of halogens is 1. The molecule has 3 aromatic rings. The van der Waals surface area contributed by atoms with E-state index in [1.807, 2.05) is 24.3 Å². The normalized spacial score (nSPS) is 10.7. The van der Waals surface area contributed by atoms with E-state index >= 15 is 0 Å². The molecule has 0 aliphatic heterocycles. The van der Waals surface area contributed by atoms with E-state index in [4.69, 9.17) is 9.47 Å². The Morgan fingerprint density at radius 3 is 2.26 bits per heavy atom. The largest absolute Gasteiger partial charge is 0.497 e. The van der Waals surface area contributed by atoms with Gasteiger partial charge in [0, 0.05) is 17.1 Å². The van der Waals surface area contributed by atoms with Crippen molar-refractivity contribution in [3.8, 4) is 23.3 Å². The zero-order valence-corrected chi connectivity index (χ0v) is 21.1. The van der Waals surface area contributed by atoms with Gasteiger partial charge in [-0.15, -0.1) is 0 Å². The highest BCUT2D eigenvalue weighted by Gasteiger charge is 2.27. The summed E-state index contributed by atoms with van der Waals surface area (Å²) >= 11 is 3.25. The number of aromatic carboxylic acids is 1. The Bertz CT molecular complexity index is 1360. The monoisotopic (exact) mass is 543 g/mol. The molecule has 0 amide bonds. The van der Waals surface area contributed by atoms with Crippen LogP contribution in [0.5, 0.6) is 11.5 Å². The van der Waals surface area contributed by atoms with Crippen LogP contribution >= 0.6 is 15.9 Å². The van der Waals surface area contributed by atoms with Crippen LogP contribution in [0, 0.1) is 18.8 Å². The Labute approximate surface area is 207 Å². The van der Waals surface area contributed by atoms with E-state index in [0.717, 1.165) is 15.6 Å². The van der Waals surface area contributed by atoms with Crippen molar-refractivity contribution in [2.45, 2.75) is 11.8 Å². The lowest BCUT2D eigenvalue weighted by Gasteiger charge is -2.23. The first-order valence-corrected chi connectivity index (χ1v) is 12.2. The molecule has 0 saturated carbocycles. The summed E-state index contributed by atoms with van der Waals surface area (Å²) in [7, 11) is -1.08. The maximum Gasteiger partial charge on any atom is 0.337 e. The average molecular weight is 544 g/mol. The van der Waals surface area contributed by atoms with E-state index in [9.17, 15) is 18.3 Å². The number of aryl methyl sites for hydroxylation is 1. The molecule has 9 heteroatoms. The second kappa shape index (κ2) is 10.6. The molecule has 0 aromatic heterocycles. The van der Waals surface area contributed by atoms with E-state index < -0.39 is 16.0 Å². The van der Waals surface area contributed by atoms with Crippen LogP contribution in [0.2, 0.25) is 0 Å². The summed E-state index contributed by atoms with van der Waals surface area (Å²) in [5.41, 5.74) is 1.31. The summed E-state index contributed by atoms with van der Waals surface area (Å²) in [4.78, 5) is 11.7. The number of rotatable bonds is 7. The van der Waals surface area contributed by atoms with Crippen molar-refractivity contribution in [1.29, 1.82) is 0 Å². The van der Waals surface area contributed by atoms with E-state index in [1.165, 1.54) is 37.4 Å². The Morgan fingerprint density at radius 2 is 1.68 bits per heavy atom. The van der Waals surface area contributed by atoms with Crippen molar-refractivity contribution >= 4 is 37.6 Å². The molecule has 0 fully saturated rings. The van der Waals surface area contributed by atoms with Gasteiger partial charge < -0.3 is 14.6 Å². The fourth-order valence-corrected chi connectivity index (χ4v) is 5.09. The number of hydrogen-bond acceptors (Lipinski definition) is 5. The first kappa shape index (κ1) is 25.1. The second-order valence-electron chi connectivity index (χ2n) is 7.19. The van der Waals surface area contributed by atoms with Crippen molar-refractivity contribution in [3.05, 3.63) is 81.8 Å². The maximum absolute atomic E-state index is 13.2. The van der Waals surface area contributed by atoms with Crippen molar-refractivity contribution in [1.82, 2.24) is 0 Å². The van der Waals surface area contributed by atoms with Gasteiger partial charge in [-0.3, -0.25) is 4.31 Å². The molecule has 176 valence electrons. The summed E-state index contributed by atoms with van der Waals surface area (Å²) in [5.74, 6) is 5.86. The number of sulfonamides is 1. The highest BCUT2D eigenvalue weighted by atomic mass is 79.9. The number of carboxylic acids is 1. The summed E-state index contributed by atoms with van der Waals surface area (Å²) in [6.07, 6.45) is 0. The molecule has 0 spiro atoms. The van der Waals surface area contributed by atoms with E-state index in [-0.39, 0.29) is 22.8 Å². The number of nitrogens with zero attached hydrogens (tertiary/aromatic N) is 1. The van der Waals surface area contributed by atoms with Gasteiger partial charge in [-0.1, -0.05) is 27.8 Å². The Kier molecular flexibility index (Phi) is 7.87. The summed E-state index contributed by atoms with van der Waals surface area (Å²) in [5, 5.41) is 9.56. The Morgan fingerprint density at radius 1 is 1.06 bits per heavy atom. The fourth-order valence-electron chi connectivity index (χ4n) is 3.23. The summed E-state index contributed by atoms with van der Waals surface area (Å²) in [6.45, 7) is 1.78. The predicted molar refractivity (Wildman–Crippen MR) is 133 cm³/mol. The molecule has 0 unspecified atom stereocenters. The highest BCUT2D eigenvalue weighted by Crippen LogP contribution is 2.32. The third-order valence-corrected chi connectivity index (χ3v) is 7.16. The third kappa shape index (κ3) is 5.71. The zero-order valence-electron chi connectivity index (χ0n) is 18.7. The van der Waals surface area contributed by atoms with Crippen LogP contribution < -0.4 is 13.8 Å². The number of carbonyl (C=O) groups is 1. The van der Waals surface area contributed by atoms with E-state index in [0.29, 0.717) is 15.8 Å². The molecule has 0 heterocycles. The fraction of sp³-hybridized carbons (Fsp3) is 0.160. The minimum atomic E-state index is -4.01. The quantitative estimate of drug-likeness (QED) is 0.433. The van der Waals surface area contributed by atoms with Crippen LogP contribution in [-0.2, 0) is 10.0 Å². The van der Waals surface area contributed by atoms with Gasteiger partial charge in [-0.05, 0) is 73.2 Å². The molecule has 1 N–H and O–H groups in total. The second-order valence-corrected chi connectivity index (χ2v) is 10.1. The Balaban J connectivity index is 1.74. The van der Waals surface area contributed by atoms with Crippen molar-refractivity contribution in [2.24, 2.45) is 0 Å². The molecule has 34 heavy (non-hydrogen) atoms. The maximum atomic E-state index is 13.2. The van der Waals surface area contributed by atoms with Gasteiger partial charge in [-0.25, -0.2) is 13.2 Å². The minimum Gasteiger partial charge on any atom is -0.497 e. The van der Waals surface area contributed by atoms with Crippen LogP contribution in [0.3, 0.4) is 0 Å². The average Bonchev–Trinajstić information content (AvgIpc) is 2.81. The van der Waals surface area contributed by atoms with Gasteiger partial charge in [0.05, 0.1) is 23.3 Å². The molecule has 0 saturated heterocycles. The number of anilines is 1. The summed E-state index contributed by atoms with van der Waals surface area (Å²) < 4.78 is 38.6. The first-order chi connectivity index (χ1) is 16.1. The van der Waals surface area contributed by atoms with Crippen molar-refractivity contribution in [2.75, 3.05) is 25.1 Å². The number of ether oxygens (including phenoxy) is 2. The summed E-state index contributed by atoms with van der Waals surface area (Å²) in [6, 6.07) is 16.2. The van der Waals surface area contributed by atoms with Crippen molar-refractivity contribution < 1.29 is 27.8 Å². The lowest BCUT2D eigenvalue weighted by Crippen LogP contribution is -2.29. The van der Waals surface area contributed by atoms with Gasteiger partial charge in [0.25, 0.3) is 10.0 Å². The molecule has 0 bridgehead atoms. The van der Waals surface area contributed by atoms with Crippen LogP contribution in [0.25, 0.3) is 0 Å². The molecule has 3 rings (SSSR count). The van der Waals surface area contributed by atoms with E-state index in [1.54, 1.807) is 20.1 Å². The van der Waals surface area contributed by atoms with Crippen LogP contribution in [0.15, 0.2) is 70.0 Å². The van der Waals surface area contributed by atoms with Gasteiger partial charge in [-0.2, -0.15) is 0 Å². The minimum absolute atomic E-state index is 0.00493. The number of benzene rings is 3.